The van der Waals surface area contributed by atoms with E-state index in [4.69, 9.17) is 18.9 Å². The first kappa shape index (κ1) is 19.4. The molecule has 7 nitrogen and oxygen atoms in total. The molecule has 2 unspecified atom stereocenters. The van der Waals surface area contributed by atoms with Crippen LogP contribution in [0.3, 0.4) is 0 Å². The molecule has 0 bridgehead atoms. The van der Waals surface area contributed by atoms with Crippen molar-refractivity contribution in [2.45, 2.75) is 12.8 Å². The van der Waals surface area contributed by atoms with E-state index < -0.39 is 23.8 Å². The lowest BCUT2D eigenvalue weighted by molar-refractivity contribution is -0.145. The SMILES string of the molecule is C=C1NC(C)=C(C(=O)OC)C(c2ccc(OC)c(OC)c2)C1C(=O)OC. The minimum atomic E-state index is -0.795. The molecule has 2 rings (SSSR count). The molecule has 2 atom stereocenters. The van der Waals surface area contributed by atoms with Crippen LogP contribution in [0, 0.1) is 5.92 Å². The van der Waals surface area contributed by atoms with E-state index in [2.05, 4.69) is 11.9 Å². The largest absolute Gasteiger partial charge is 0.493 e. The highest BCUT2D eigenvalue weighted by atomic mass is 16.5. The van der Waals surface area contributed by atoms with Gasteiger partial charge < -0.3 is 24.3 Å². The summed E-state index contributed by atoms with van der Waals surface area (Å²) in [6, 6.07) is 5.22. The molecule has 26 heavy (non-hydrogen) atoms. The molecule has 1 N–H and O–H groups in total. The third kappa shape index (κ3) is 3.37. The van der Waals surface area contributed by atoms with E-state index in [1.807, 2.05) is 0 Å². The topological polar surface area (TPSA) is 83.1 Å². The van der Waals surface area contributed by atoms with Gasteiger partial charge in [0.25, 0.3) is 0 Å². The number of allylic oxidation sites excluding steroid dienone is 1. The standard InChI is InChI=1S/C19H23NO6/c1-10-15(18(21)25-5)17(16(11(2)20-10)19(22)26-6)12-7-8-13(23-3)14(9-12)24-4/h7-9,15,17,20H,1H2,2-6H3. The minimum Gasteiger partial charge on any atom is -0.493 e. The highest BCUT2D eigenvalue weighted by Gasteiger charge is 2.42. The number of carbonyl (C=O) groups excluding carboxylic acids is 2. The van der Waals surface area contributed by atoms with Crippen LogP contribution < -0.4 is 14.8 Å². The number of carbonyl (C=O) groups is 2. The Balaban J connectivity index is 2.70. The van der Waals surface area contributed by atoms with Gasteiger partial charge in [-0.25, -0.2) is 4.79 Å². The van der Waals surface area contributed by atoms with Gasteiger partial charge in [-0.2, -0.15) is 0 Å². The van der Waals surface area contributed by atoms with E-state index in [9.17, 15) is 9.59 Å². The summed E-state index contributed by atoms with van der Waals surface area (Å²) in [7, 11) is 5.64. The summed E-state index contributed by atoms with van der Waals surface area (Å²) in [6.45, 7) is 5.67. The minimum absolute atomic E-state index is 0.336. The lowest BCUT2D eigenvalue weighted by Gasteiger charge is -2.34. The Hall–Kier alpha value is -2.96. The first-order chi connectivity index (χ1) is 12.4. The lowest BCUT2D eigenvalue weighted by Crippen LogP contribution is -2.39. The quantitative estimate of drug-likeness (QED) is 0.805. The Bertz CT molecular complexity index is 767. The molecule has 1 heterocycles. The van der Waals surface area contributed by atoms with E-state index in [-0.39, 0.29) is 0 Å². The van der Waals surface area contributed by atoms with Crippen molar-refractivity contribution in [3.05, 3.63) is 47.3 Å². The van der Waals surface area contributed by atoms with Crippen molar-refractivity contribution in [2.24, 2.45) is 5.92 Å². The summed E-state index contributed by atoms with van der Waals surface area (Å²) in [4.78, 5) is 24.9. The van der Waals surface area contributed by atoms with Crippen molar-refractivity contribution < 1.29 is 28.5 Å². The fraction of sp³-hybridized carbons (Fsp3) is 0.368. The molecular weight excluding hydrogens is 338 g/mol. The van der Waals surface area contributed by atoms with Gasteiger partial charge in [0.1, 0.15) is 5.92 Å². The van der Waals surface area contributed by atoms with Crippen LogP contribution in [0.4, 0.5) is 0 Å². The number of nitrogens with one attached hydrogen (secondary N) is 1. The number of benzene rings is 1. The van der Waals surface area contributed by atoms with Gasteiger partial charge in [-0.15, -0.1) is 0 Å². The van der Waals surface area contributed by atoms with Gasteiger partial charge in [-0.3, -0.25) is 4.79 Å². The third-order valence-corrected chi connectivity index (χ3v) is 4.40. The zero-order chi connectivity index (χ0) is 19.4. The maximum atomic E-state index is 12.4. The van der Waals surface area contributed by atoms with Gasteiger partial charge in [0.15, 0.2) is 11.5 Å². The Morgan fingerprint density at radius 3 is 2.23 bits per heavy atom. The average Bonchev–Trinajstić information content (AvgIpc) is 2.65. The van der Waals surface area contributed by atoms with E-state index in [0.29, 0.717) is 34.0 Å². The average molecular weight is 361 g/mol. The molecule has 0 amide bonds. The molecule has 0 spiro atoms. The second-order valence-electron chi connectivity index (χ2n) is 5.77. The number of esters is 2. The van der Waals surface area contributed by atoms with E-state index in [1.54, 1.807) is 25.1 Å². The van der Waals surface area contributed by atoms with E-state index in [0.717, 1.165) is 0 Å². The van der Waals surface area contributed by atoms with Gasteiger partial charge in [-0.05, 0) is 24.6 Å². The summed E-state index contributed by atoms with van der Waals surface area (Å²) in [6.07, 6.45) is 0. The zero-order valence-corrected chi connectivity index (χ0v) is 15.5. The monoisotopic (exact) mass is 361 g/mol. The maximum absolute atomic E-state index is 12.4. The number of methoxy groups -OCH3 is 4. The van der Waals surface area contributed by atoms with Crippen molar-refractivity contribution in [1.29, 1.82) is 0 Å². The fourth-order valence-corrected chi connectivity index (χ4v) is 3.19. The third-order valence-electron chi connectivity index (χ3n) is 4.40. The maximum Gasteiger partial charge on any atom is 0.336 e. The Morgan fingerprint density at radius 2 is 1.69 bits per heavy atom. The highest BCUT2D eigenvalue weighted by molar-refractivity contribution is 5.94. The first-order valence-corrected chi connectivity index (χ1v) is 7.94. The molecule has 0 fully saturated rings. The van der Waals surface area contributed by atoms with Crippen molar-refractivity contribution in [1.82, 2.24) is 5.32 Å². The Kier molecular flexibility index (Phi) is 5.92. The molecule has 1 aliphatic rings. The van der Waals surface area contributed by atoms with Crippen LogP contribution in [0.1, 0.15) is 18.4 Å². The highest BCUT2D eigenvalue weighted by Crippen LogP contribution is 2.43. The van der Waals surface area contributed by atoms with Crippen molar-refractivity contribution in [3.63, 3.8) is 0 Å². The number of hydrogen-bond donors (Lipinski definition) is 1. The van der Waals surface area contributed by atoms with Gasteiger partial charge in [-0.1, -0.05) is 12.6 Å². The molecule has 0 saturated carbocycles. The van der Waals surface area contributed by atoms with Crippen LogP contribution in [-0.2, 0) is 19.1 Å². The van der Waals surface area contributed by atoms with Crippen LogP contribution in [0.25, 0.3) is 0 Å². The van der Waals surface area contributed by atoms with Crippen molar-refractivity contribution >= 4 is 11.9 Å². The summed E-state index contributed by atoms with van der Waals surface area (Å²) in [5.41, 5.74) is 2.03. The number of hydrogen-bond acceptors (Lipinski definition) is 7. The molecule has 140 valence electrons. The smallest absolute Gasteiger partial charge is 0.336 e. The molecule has 1 aliphatic heterocycles. The molecule has 0 aromatic heterocycles. The molecular formula is C19H23NO6. The van der Waals surface area contributed by atoms with Crippen LogP contribution in [0.5, 0.6) is 11.5 Å². The summed E-state index contributed by atoms with van der Waals surface area (Å²) < 4.78 is 20.5. The molecule has 0 aliphatic carbocycles. The van der Waals surface area contributed by atoms with Gasteiger partial charge in [0.2, 0.25) is 0 Å². The van der Waals surface area contributed by atoms with E-state index in [1.165, 1.54) is 28.4 Å². The van der Waals surface area contributed by atoms with Crippen LogP contribution in [0.15, 0.2) is 41.7 Å². The predicted octanol–water partition coefficient (Wildman–Crippen LogP) is 2.14. The summed E-state index contributed by atoms with van der Waals surface area (Å²) >= 11 is 0. The first-order valence-electron chi connectivity index (χ1n) is 7.94. The zero-order valence-electron chi connectivity index (χ0n) is 15.5. The van der Waals surface area contributed by atoms with E-state index >= 15 is 0 Å². The molecule has 7 heteroatoms. The van der Waals surface area contributed by atoms with Crippen LogP contribution >= 0.6 is 0 Å². The Morgan fingerprint density at radius 1 is 1.04 bits per heavy atom. The van der Waals surface area contributed by atoms with Gasteiger partial charge >= 0.3 is 11.9 Å². The van der Waals surface area contributed by atoms with Gasteiger partial charge in [0, 0.05) is 17.3 Å². The number of rotatable bonds is 5. The van der Waals surface area contributed by atoms with Crippen LogP contribution in [-0.4, -0.2) is 40.4 Å². The van der Waals surface area contributed by atoms with Crippen LogP contribution in [0.2, 0.25) is 0 Å². The Labute approximate surface area is 152 Å². The second kappa shape index (κ2) is 7.95. The second-order valence-corrected chi connectivity index (χ2v) is 5.77. The lowest BCUT2D eigenvalue weighted by atomic mass is 9.75. The predicted molar refractivity (Wildman–Crippen MR) is 94.8 cm³/mol. The normalized spacial score (nSPS) is 19.5. The molecule has 0 radical (unpaired) electrons. The summed E-state index contributed by atoms with van der Waals surface area (Å²) in [5.74, 6) is -1.44. The fourth-order valence-electron chi connectivity index (χ4n) is 3.19. The van der Waals surface area contributed by atoms with Gasteiger partial charge in [0.05, 0.1) is 34.0 Å². The molecule has 1 aromatic carbocycles. The molecule has 0 saturated heterocycles. The number of ether oxygens (including phenoxy) is 4. The molecule has 1 aromatic rings. The van der Waals surface area contributed by atoms with Crippen molar-refractivity contribution in [3.8, 4) is 11.5 Å². The summed E-state index contributed by atoms with van der Waals surface area (Å²) in [5, 5.41) is 2.99. The van der Waals surface area contributed by atoms with Crippen molar-refractivity contribution in [2.75, 3.05) is 28.4 Å².